The summed E-state index contributed by atoms with van der Waals surface area (Å²) in [5.41, 5.74) is 1.11. The summed E-state index contributed by atoms with van der Waals surface area (Å²) in [6, 6.07) is 0. The molecule has 116 valence electrons. The summed E-state index contributed by atoms with van der Waals surface area (Å²) in [7, 11) is 0. The Morgan fingerprint density at radius 2 is 2.10 bits per heavy atom. The highest BCUT2D eigenvalue weighted by Gasteiger charge is 2.36. The van der Waals surface area contributed by atoms with Crippen molar-refractivity contribution in [3.8, 4) is 0 Å². The van der Waals surface area contributed by atoms with E-state index in [-0.39, 0.29) is 11.9 Å². The summed E-state index contributed by atoms with van der Waals surface area (Å²) in [6.45, 7) is 8.43. The molecule has 0 amide bonds. The average molecular weight is 311 g/mol. The van der Waals surface area contributed by atoms with E-state index in [1.165, 1.54) is 6.08 Å². The van der Waals surface area contributed by atoms with Crippen LogP contribution in [0.25, 0.3) is 0 Å². The lowest BCUT2D eigenvalue weighted by Crippen LogP contribution is -2.24. The monoisotopic (exact) mass is 311 g/mol. The molecular formula is C15H21NO4S. The molecule has 2 aliphatic rings. The van der Waals surface area contributed by atoms with Crippen molar-refractivity contribution in [2.75, 3.05) is 18.9 Å². The zero-order valence-electron chi connectivity index (χ0n) is 12.9. The molecule has 0 N–H and O–H groups in total. The zero-order chi connectivity index (χ0) is 15.6. The van der Waals surface area contributed by atoms with Crippen LogP contribution in [0.5, 0.6) is 0 Å². The standard InChI is InChI=1S/C15H21NO4S/c1-5-19-12(17)8-10-9-21-13-11(6-7-16(10)13)14(18)20-15(2,3)4/h8H,5-7,9H2,1-4H3. The third-order valence-electron chi connectivity index (χ3n) is 3.01. The number of hydrogen-bond acceptors (Lipinski definition) is 6. The van der Waals surface area contributed by atoms with E-state index in [0.717, 1.165) is 10.7 Å². The number of hydrogen-bond donors (Lipinski definition) is 0. The number of thioether (sulfide) groups is 1. The van der Waals surface area contributed by atoms with Crippen molar-refractivity contribution >= 4 is 23.7 Å². The predicted molar refractivity (Wildman–Crippen MR) is 81.4 cm³/mol. The second kappa shape index (κ2) is 6.13. The van der Waals surface area contributed by atoms with Crippen LogP contribution in [-0.4, -0.2) is 41.3 Å². The van der Waals surface area contributed by atoms with Gasteiger partial charge in [-0.15, -0.1) is 11.8 Å². The highest BCUT2D eigenvalue weighted by Crippen LogP contribution is 2.43. The van der Waals surface area contributed by atoms with Crippen LogP contribution in [0.4, 0.5) is 0 Å². The lowest BCUT2D eigenvalue weighted by atomic mass is 10.2. The minimum Gasteiger partial charge on any atom is -0.463 e. The first-order valence-corrected chi connectivity index (χ1v) is 8.04. The molecule has 5 nitrogen and oxygen atoms in total. The van der Waals surface area contributed by atoms with E-state index in [0.29, 0.717) is 30.9 Å². The molecule has 0 saturated carbocycles. The third kappa shape index (κ3) is 3.81. The number of carbonyl (C=O) groups excluding carboxylic acids is 2. The van der Waals surface area contributed by atoms with Crippen molar-refractivity contribution in [3.63, 3.8) is 0 Å². The second-order valence-corrected chi connectivity index (χ2v) is 6.83. The molecule has 0 radical (unpaired) electrons. The molecule has 0 aromatic carbocycles. The van der Waals surface area contributed by atoms with E-state index >= 15 is 0 Å². The van der Waals surface area contributed by atoms with Crippen LogP contribution < -0.4 is 0 Å². The summed E-state index contributed by atoms with van der Waals surface area (Å²) in [5, 5.41) is 0.916. The van der Waals surface area contributed by atoms with E-state index < -0.39 is 5.60 Å². The van der Waals surface area contributed by atoms with Gasteiger partial charge in [-0.05, 0) is 27.7 Å². The molecule has 2 heterocycles. The van der Waals surface area contributed by atoms with Crippen LogP contribution in [0.2, 0.25) is 0 Å². The molecule has 0 aromatic rings. The topological polar surface area (TPSA) is 55.8 Å². The molecule has 0 bridgehead atoms. The van der Waals surface area contributed by atoms with Gasteiger partial charge in [0.15, 0.2) is 0 Å². The summed E-state index contributed by atoms with van der Waals surface area (Å²) >= 11 is 1.57. The molecule has 0 atom stereocenters. The normalized spacial score (nSPS) is 20.0. The maximum Gasteiger partial charge on any atom is 0.337 e. The highest BCUT2D eigenvalue weighted by molar-refractivity contribution is 8.03. The number of nitrogens with zero attached hydrogens (tertiary/aromatic N) is 1. The predicted octanol–water partition coefficient (Wildman–Crippen LogP) is 2.44. The van der Waals surface area contributed by atoms with E-state index in [1.807, 2.05) is 25.7 Å². The van der Waals surface area contributed by atoms with Gasteiger partial charge < -0.3 is 14.4 Å². The van der Waals surface area contributed by atoms with Gasteiger partial charge in [-0.3, -0.25) is 0 Å². The van der Waals surface area contributed by atoms with Gasteiger partial charge in [0, 0.05) is 30.5 Å². The van der Waals surface area contributed by atoms with Gasteiger partial charge in [0.25, 0.3) is 0 Å². The first kappa shape index (κ1) is 15.9. The molecule has 1 saturated heterocycles. The Bertz CT molecular complexity index is 516. The maximum atomic E-state index is 12.2. The van der Waals surface area contributed by atoms with Crippen LogP contribution in [0.3, 0.4) is 0 Å². The van der Waals surface area contributed by atoms with E-state index in [1.54, 1.807) is 18.7 Å². The molecule has 2 aliphatic heterocycles. The summed E-state index contributed by atoms with van der Waals surface area (Å²) in [6.07, 6.45) is 2.17. The zero-order valence-corrected chi connectivity index (χ0v) is 13.7. The van der Waals surface area contributed by atoms with Crippen molar-refractivity contribution in [2.24, 2.45) is 0 Å². The Balaban J connectivity index is 2.13. The fourth-order valence-corrected chi connectivity index (χ4v) is 3.47. The highest BCUT2D eigenvalue weighted by atomic mass is 32.2. The Morgan fingerprint density at radius 1 is 1.38 bits per heavy atom. The minimum absolute atomic E-state index is 0.259. The molecule has 6 heteroatoms. The molecule has 21 heavy (non-hydrogen) atoms. The smallest absolute Gasteiger partial charge is 0.337 e. The van der Waals surface area contributed by atoms with Crippen molar-refractivity contribution < 1.29 is 19.1 Å². The molecule has 1 fully saturated rings. The number of rotatable bonds is 3. The van der Waals surface area contributed by atoms with Gasteiger partial charge >= 0.3 is 11.9 Å². The summed E-state index contributed by atoms with van der Waals surface area (Å²) in [4.78, 5) is 25.8. The molecule has 0 aromatic heterocycles. The van der Waals surface area contributed by atoms with Gasteiger partial charge in [-0.1, -0.05) is 0 Å². The molecule has 0 aliphatic carbocycles. The Hall–Kier alpha value is -1.43. The maximum absolute atomic E-state index is 12.2. The quantitative estimate of drug-likeness (QED) is 0.589. The first-order valence-electron chi connectivity index (χ1n) is 7.06. The molecule has 0 spiro atoms. The van der Waals surface area contributed by atoms with Crippen LogP contribution in [-0.2, 0) is 19.1 Å². The summed E-state index contributed by atoms with van der Waals surface area (Å²) < 4.78 is 10.4. The Labute approximate surface area is 129 Å². The first-order chi connectivity index (χ1) is 9.81. The van der Waals surface area contributed by atoms with E-state index in [2.05, 4.69) is 0 Å². The third-order valence-corrected chi connectivity index (χ3v) is 4.19. The largest absolute Gasteiger partial charge is 0.463 e. The average Bonchev–Trinajstić information content (AvgIpc) is 2.90. The van der Waals surface area contributed by atoms with Crippen molar-refractivity contribution in [3.05, 3.63) is 22.4 Å². The lowest BCUT2D eigenvalue weighted by molar-refractivity contribution is -0.150. The van der Waals surface area contributed by atoms with E-state index in [9.17, 15) is 9.59 Å². The molecule has 2 rings (SSSR count). The number of esters is 2. The fraction of sp³-hybridized carbons (Fsp3) is 0.600. The van der Waals surface area contributed by atoms with Gasteiger partial charge in [0.05, 0.1) is 17.2 Å². The van der Waals surface area contributed by atoms with Gasteiger partial charge in [-0.25, -0.2) is 9.59 Å². The van der Waals surface area contributed by atoms with Gasteiger partial charge in [-0.2, -0.15) is 0 Å². The number of ether oxygens (including phenoxy) is 2. The number of carbonyl (C=O) groups is 2. The minimum atomic E-state index is -0.495. The van der Waals surface area contributed by atoms with Crippen molar-refractivity contribution in [1.82, 2.24) is 4.90 Å². The van der Waals surface area contributed by atoms with Crippen LogP contribution in [0.15, 0.2) is 22.4 Å². The van der Waals surface area contributed by atoms with Crippen LogP contribution >= 0.6 is 11.8 Å². The second-order valence-electron chi connectivity index (χ2n) is 5.86. The van der Waals surface area contributed by atoms with E-state index in [4.69, 9.17) is 9.47 Å². The molecule has 0 unspecified atom stereocenters. The summed E-state index contributed by atoms with van der Waals surface area (Å²) in [5.74, 6) is 0.0884. The van der Waals surface area contributed by atoms with Crippen molar-refractivity contribution in [1.29, 1.82) is 0 Å². The van der Waals surface area contributed by atoms with Gasteiger partial charge in [0.1, 0.15) is 5.60 Å². The molecular weight excluding hydrogens is 290 g/mol. The SMILES string of the molecule is CCOC(=O)C=C1CSC2=C(C(=O)OC(C)(C)C)CCN12. The van der Waals surface area contributed by atoms with Crippen LogP contribution in [0, 0.1) is 0 Å². The Morgan fingerprint density at radius 3 is 2.71 bits per heavy atom. The Kier molecular flexibility index (Phi) is 4.66. The lowest BCUT2D eigenvalue weighted by Gasteiger charge is -2.20. The van der Waals surface area contributed by atoms with Gasteiger partial charge in [0.2, 0.25) is 0 Å². The fourth-order valence-electron chi connectivity index (χ4n) is 2.22. The van der Waals surface area contributed by atoms with Crippen LogP contribution in [0.1, 0.15) is 34.1 Å². The number of fused-ring (bicyclic) bond motifs is 1. The van der Waals surface area contributed by atoms with Crippen molar-refractivity contribution in [2.45, 2.75) is 39.7 Å².